The summed E-state index contributed by atoms with van der Waals surface area (Å²) in [5, 5.41) is 1.32. The summed E-state index contributed by atoms with van der Waals surface area (Å²) in [4.78, 5) is 3.53. The molecule has 0 atom stereocenters. The quantitative estimate of drug-likeness (QED) is 0.656. The summed E-state index contributed by atoms with van der Waals surface area (Å²) < 4.78 is 0. The molecule has 19 heavy (non-hydrogen) atoms. The minimum absolute atomic E-state index is 1.09. The fourth-order valence-corrected chi connectivity index (χ4v) is 2.67. The zero-order chi connectivity index (χ0) is 13.4. The first-order valence-electron chi connectivity index (χ1n) is 6.86. The third-order valence-corrected chi connectivity index (χ3v) is 3.76. The van der Waals surface area contributed by atoms with Gasteiger partial charge in [0.1, 0.15) is 0 Å². The molecule has 1 N–H and O–H groups in total. The van der Waals surface area contributed by atoms with Crippen LogP contribution in [-0.4, -0.2) is 4.98 Å². The van der Waals surface area contributed by atoms with E-state index in [0.717, 1.165) is 6.42 Å². The van der Waals surface area contributed by atoms with E-state index < -0.39 is 0 Å². The van der Waals surface area contributed by atoms with Crippen molar-refractivity contribution < 1.29 is 0 Å². The van der Waals surface area contributed by atoms with Gasteiger partial charge in [-0.3, -0.25) is 0 Å². The van der Waals surface area contributed by atoms with E-state index in [4.69, 9.17) is 0 Å². The van der Waals surface area contributed by atoms with Gasteiger partial charge >= 0.3 is 0 Å². The van der Waals surface area contributed by atoms with Crippen LogP contribution in [0, 0.1) is 13.8 Å². The molecule has 1 heterocycles. The maximum absolute atomic E-state index is 3.53. The van der Waals surface area contributed by atoms with Crippen LogP contribution in [0.3, 0.4) is 0 Å². The molecule has 0 saturated heterocycles. The fourth-order valence-electron chi connectivity index (χ4n) is 2.67. The summed E-state index contributed by atoms with van der Waals surface area (Å²) in [5.74, 6) is 0. The van der Waals surface area contributed by atoms with E-state index >= 15 is 0 Å². The Morgan fingerprint density at radius 2 is 1.68 bits per heavy atom. The molecule has 3 rings (SSSR count). The molecule has 1 heteroatoms. The van der Waals surface area contributed by atoms with Gasteiger partial charge in [-0.25, -0.2) is 0 Å². The smallest absolute Gasteiger partial charge is 0.0464 e. The number of benzene rings is 2. The SMILES string of the molecule is CCc1ccc(-c2cc3c(C)cc(C)cc3[nH]2)cc1. The van der Waals surface area contributed by atoms with Crippen LogP contribution in [0.15, 0.2) is 42.5 Å². The molecule has 0 saturated carbocycles. The largest absolute Gasteiger partial charge is 0.355 e. The van der Waals surface area contributed by atoms with Crippen molar-refractivity contribution in [1.82, 2.24) is 4.98 Å². The summed E-state index contributed by atoms with van der Waals surface area (Å²) in [5.41, 5.74) is 7.71. The van der Waals surface area contributed by atoms with Crippen molar-refractivity contribution in [3.8, 4) is 11.3 Å². The topological polar surface area (TPSA) is 15.8 Å². The standard InChI is InChI=1S/C18H19N/c1-4-14-5-7-15(8-6-14)17-11-16-13(3)9-12(2)10-18(16)19-17/h5-11,19H,4H2,1-3H3. The highest BCUT2D eigenvalue weighted by molar-refractivity contribution is 5.89. The van der Waals surface area contributed by atoms with Crippen molar-refractivity contribution in [1.29, 1.82) is 0 Å². The molecule has 1 aromatic heterocycles. The zero-order valence-electron chi connectivity index (χ0n) is 11.7. The minimum atomic E-state index is 1.09. The van der Waals surface area contributed by atoms with Crippen LogP contribution in [0.2, 0.25) is 0 Å². The van der Waals surface area contributed by atoms with E-state index in [0.29, 0.717) is 0 Å². The Hall–Kier alpha value is -2.02. The number of aryl methyl sites for hydroxylation is 3. The molecular formula is C18H19N. The van der Waals surface area contributed by atoms with Gasteiger partial charge in [0.2, 0.25) is 0 Å². The molecular weight excluding hydrogens is 230 g/mol. The zero-order valence-corrected chi connectivity index (χ0v) is 11.7. The predicted octanol–water partition coefficient (Wildman–Crippen LogP) is 5.01. The van der Waals surface area contributed by atoms with Crippen LogP contribution in [0.25, 0.3) is 22.2 Å². The lowest BCUT2D eigenvalue weighted by Crippen LogP contribution is -1.81. The molecule has 0 bridgehead atoms. The number of hydrogen-bond acceptors (Lipinski definition) is 0. The second kappa shape index (κ2) is 4.58. The van der Waals surface area contributed by atoms with Gasteiger partial charge in [-0.05, 0) is 54.7 Å². The average molecular weight is 249 g/mol. The molecule has 96 valence electrons. The maximum atomic E-state index is 3.53. The summed E-state index contributed by atoms with van der Waals surface area (Å²) >= 11 is 0. The molecule has 0 radical (unpaired) electrons. The first-order chi connectivity index (χ1) is 9.17. The second-order valence-electron chi connectivity index (χ2n) is 5.28. The van der Waals surface area contributed by atoms with Gasteiger partial charge in [-0.1, -0.05) is 37.3 Å². The van der Waals surface area contributed by atoms with Crippen molar-refractivity contribution >= 4 is 10.9 Å². The Bertz CT molecular complexity index is 717. The van der Waals surface area contributed by atoms with Gasteiger partial charge in [0.05, 0.1) is 0 Å². The van der Waals surface area contributed by atoms with Gasteiger partial charge in [-0.15, -0.1) is 0 Å². The van der Waals surface area contributed by atoms with Gasteiger partial charge in [0.25, 0.3) is 0 Å². The number of aromatic nitrogens is 1. The summed E-state index contributed by atoms with van der Waals surface area (Å²) in [6.07, 6.45) is 1.09. The fraction of sp³-hybridized carbons (Fsp3) is 0.222. The van der Waals surface area contributed by atoms with E-state index in [1.165, 1.54) is 38.9 Å². The van der Waals surface area contributed by atoms with Gasteiger partial charge in [-0.2, -0.15) is 0 Å². The van der Waals surface area contributed by atoms with Crippen LogP contribution >= 0.6 is 0 Å². The van der Waals surface area contributed by atoms with Crippen LogP contribution in [0.4, 0.5) is 0 Å². The first kappa shape index (κ1) is 12.0. The van der Waals surface area contributed by atoms with E-state index in [9.17, 15) is 0 Å². The molecule has 2 aromatic carbocycles. The van der Waals surface area contributed by atoms with Crippen molar-refractivity contribution in [2.75, 3.05) is 0 Å². The van der Waals surface area contributed by atoms with Crippen LogP contribution < -0.4 is 0 Å². The van der Waals surface area contributed by atoms with Gasteiger partial charge in [0, 0.05) is 16.6 Å². The Balaban J connectivity index is 2.12. The van der Waals surface area contributed by atoms with E-state index in [1.807, 2.05) is 0 Å². The number of rotatable bonds is 2. The highest BCUT2D eigenvalue weighted by Crippen LogP contribution is 2.27. The van der Waals surface area contributed by atoms with Crippen molar-refractivity contribution in [2.24, 2.45) is 0 Å². The van der Waals surface area contributed by atoms with E-state index in [-0.39, 0.29) is 0 Å². The lowest BCUT2D eigenvalue weighted by atomic mass is 10.1. The summed E-state index contributed by atoms with van der Waals surface area (Å²) in [7, 11) is 0. The number of nitrogens with one attached hydrogen (secondary N) is 1. The number of hydrogen-bond donors (Lipinski definition) is 1. The third kappa shape index (κ3) is 2.17. The Labute approximate surface area is 114 Å². The van der Waals surface area contributed by atoms with E-state index in [2.05, 4.69) is 68.2 Å². The molecule has 0 unspecified atom stereocenters. The highest BCUT2D eigenvalue weighted by Gasteiger charge is 2.06. The Kier molecular flexibility index (Phi) is 2.90. The number of aromatic amines is 1. The highest BCUT2D eigenvalue weighted by atomic mass is 14.7. The van der Waals surface area contributed by atoms with Crippen LogP contribution in [-0.2, 0) is 6.42 Å². The second-order valence-corrected chi connectivity index (χ2v) is 5.28. The number of fused-ring (bicyclic) bond motifs is 1. The van der Waals surface area contributed by atoms with Gasteiger partial charge in [0.15, 0.2) is 0 Å². The lowest BCUT2D eigenvalue weighted by Gasteiger charge is -2.00. The molecule has 0 fully saturated rings. The lowest BCUT2D eigenvalue weighted by molar-refractivity contribution is 1.14. The average Bonchev–Trinajstić information content (AvgIpc) is 2.83. The van der Waals surface area contributed by atoms with Crippen molar-refractivity contribution in [2.45, 2.75) is 27.2 Å². The summed E-state index contributed by atoms with van der Waals surface area (Å²) in [6.45, 7) is 6.50. The molecule has 0 spiro atoms. The van der Waals surface area contributed by atoms with Gasteiger partial charge < -0.3 is 4.98 Å². The van der Waals surface area contributed by atoms with Crippen LogP contribution in [0.1, 0.15) is 23.6 Å². The molecule has 0 aliphatic rings. The first-order valence-corrected chi connectivity index (χ1v) is 6.86. The predicted molar refractivity (Wildman–Crippen MR) is 82.6 cm³/mol. The molecule has 3 aromatic rings. The summed E-state index contributed by atoms with van der Waals surface area (Å²) in [6, 6.07) is 15.5. The Morgan fingerprint density at radius 1 is 0.947 bits per heavy atom. The third-order valence-electron chi connectivity index (χ3n) is 3.76. The normalized spacial score (nSPS) is 11.1. The Morgan fingerprint density at radius 3 is 2.37 bits per heavy atom. The van der Waals surface area contributed by atoms with Crippen molar-refractivity contribution in [3.63, 3.8) is 0 Å². The molecule has 1 nitrogen and oxygen atoms in total. The monoisotopic (exact) mass is 249 g/mol. The van der Waals surface area contributed by atoms with Crippen molar-refractivity contribution in [3.05, 3.63) is 59.2 Å². The number of H-pyrrole nitrogens is 1. The molecule has 0 amide bonds. The minimum Gasteiger partial charge on any atom is -0.355 e. The maximum Gasteiger partial charge on any atom is 0.0464 e. The molecule has 0 aliphatic carbocycles. The van der Waals surface area contributed by atoms with E-state index in [1.54, 1.807) is 0 Å². The van der Waals surface area contributed by atoms with Crippen LogP contribution in [0.5, 0.6) is 0 Å². The molecule has 0 aliphatic heterocycles.